The van der Waals surface area contributed by atoms with Crippen LogP contribution >= 0.6 is 0 Å². The van der Waals surface area contributed by atoms with Gasteiger partial charge in [0, 0.05) is 18.3 Å². The summed E-state index contributed by atoms with van der Waals surface area (Å²) in [6.45, 7) is 14.8. The minimum Gasteiger partial charge on any atom is -0.427 e. The molecule has 0 fully saturated rings. The van der Waals surface area contributed by atoms with Gasteiger partial charge in [-0.15, -0.1) is 0 Å². The molecule has 0 bridgehead atoms. The lowest BCUT2D eigenvalue weighted by Crippen LogP contribution is -2.23. The van der Waals surface area contributed by atoms with Gasteiger partial charge in [-0.05, 0) is 64.6 Å². The summed E-state index contributed by atoms with van der Waals surface area (Å²) in [7, 11) is 0. The van der Waals surface area contributed by atoms with Crippen LogP contribution in [0.3, 0.4) is 0 Å². The highest BCUT2D eigenvalue weighted by Gasteiger charge is 2.46. The quantitative estimate of drug-likeness (QED) is 0.363. The molecule has 32 heavy (non-hydrogen) atoms. The molecule has 0 aromatic heterocycles. The Morgan fingerprint density at radius 3 is 1.81 bits per heavy atom. The van der Waals surface area contributed by atoms with Gasteiger partial charge in [-0.1, -0.05) is 66.7 Å². The maximum atomic E-state index is 12.2. The van der Waals surface area contributed by atoms with Crippen molar-refractivity contribution < 1.29 is 19.1 Å². The summed E-state index contributed by atoms with van der Waals surface area (Å²) >= 11 is 0. The Balaban J connectivity index is 1.89. The van der Waals surface area contributed by atoms with Crippen LogP contribution in [0.15, 0.2) is 42.5 Å². The normalized spacial score (nSPS) is 19.2. The highest BCUT2D eigenvalue weighted by Crippen LogP contribution is 2.53. The Bertz CT molecular complexity index is 985. The van der Waals surface area contributed by atoms with E-state index in [-0.39, 0.29) is 34.6 Å². The van der Waals surface area contributed by atoms with Gasteiger partial charge in [0.2, 0.25) is 0 Å². The molecule has 0 N–H and O–H groups in total. The lowest BCUT2D eigenvalue weighted by molar-refractivity contribution is -0.136. The van der Waals surface area contributed by atoms with E-state index in [1.807, 2.05) is 64.1 Å². The number of carbonyl (C=O) groups excluding carboxylic acids is 2. The molecule has 2 aromatic carbocycles. The zero-order valence-electron chi connectivity index (χ0n) is 20.5. The molecule has 1 atom stereocenters. The van der Waals surface area contributed by atoms with E-state index in [2.05, 4.69) is 26.8 Å². The van der Waals surface area contributed by atoms with Crippen LogP contribution in [0.1, 0.15) is 84.4 Å². The van der Waals surface area contributed by atoms with Crippen LogP contribution in [-0.2, 0) is 20.4 Å². The van der Waals surface area contributed by atoms with Gasteiger partial charge in [-0.25, -0.2) is 0 Å². The summed E-state index contributed by atoms with van der Waals surface area (Å²) < 4.78 is 11.1. The molecule has 0 heterocycles. The summed E-state index contributed by atoms with van der Waals surface area (Å²) in [6.07, 6.45) is 1.74. The zero-order valence-corrected chi connectivity index (χ0v) is 20.5. The minimum absolute atomic E-state index is 0.00699. The molecule has 0 unspecified atom stereocenters. The molecular weight excluding hydrogens is 400 g/mol. The number of rotatable bonds is 7. The van der Waals surface area contributed by atoms with Crippen molar-refractivity contribution in [3.63, 3.8) is 0 Å². The first-order valence-electron chi connectivity index (χ1n) is 11.6. The molecule has 0 amide bonds. The van der Waals surface area contributed by atoms with Crippen molar-refractivity contribution in [2.24, 2.45) is 11.8 Å². The summed E-state index contributed by atoms with van der Waals surface area (Å²) in [5, 5.41) is 0. The fourth-order valence-corrected chi connectivity index (χ4v) is 4.87. The van der Waals surface area contributed by atoms with Gasteiger partial charge in [-0.2, -0.15) is 0 Å². The standard InChI is InChI=1S/C28H36O4/c1-18(2)14-25(29)31-21-10-8-20(9-11-21)28(7)17-27(5,6)23-13-12-22(16-24(23)28)32-26(30)15-19(3)4/h8-13,16,18-19H,14-15,17H2,1-7H3/t28-/m0/s1. The number of hydrogen-bond donors (Lipinski definition) is 0. The largest absolute Gasteiger partial charge is 0.427 e. The van der Waals surface area contributed by atoms with Crippen LogP contribution in [0.5, 0.6) is 11.5 Å². The molecule has 1 aliphatic rings. The second kappa shape index (κ2) is 9.09. The van der Waals surface area contributed by atoms with E-state index in [0.717, 1.165) is 12.0 Å². The van der Waals surface area contributed by atoms with E-state index in [0.29, 0.717) is 24.3 Å². The van der Waals surface area contributed by atoms with Crippen LogP contribution in [0, 0.1) is 11.8 Å². The van der Waals surface area contributed by atoms with E-state index in [1.54, 1.807) is 0 Å². The van der Waals surface area contributed by atoms with Crippen molar-refractivity contribution in [2.45, 2.75) is 78.6 Å². The lowest BCUT2D eigenvalue weighted by atomic mass is 9.75. The van der Waals surface area contributed by atoms with Gasteiger partial charge in [0.15, 0.2) is 0 Å². The van der Waals surface area contributed by atoms with Crippen molar-refractivity contribution in [3.05, 3.63) is 59.2 Å². The number of fused-ring (bicyclic) bond motifs is 1. The molecule has 172 valence electrons. The van der Waals surface area contributed by atoms with Crippen molar-refractivity contribution >= 4 is 11.9 Å². The number of benzene rings is 2. The molecule has 4 heteroatoms. The lowest BCUT2D eigenvalue weighted by Gasteiger charge is -2.28. The molecule has 3 rings (SSSR count). The third kappa shape index (κ3) is 5.23. The van der Waals surface area contributed by atoms with Crippen LogP contribution in [0.4, 0.5) is 0 Å². The second-order valence-corrected chi connectivity index (χ2v) is 10.8. The third-order valence-corrected chi connectivity index (χ3v) is 6.21. The average molecular weight is 437 g/mol. The Morgan fingerprint density at radius 1 is 0.781 bits per heavy atom. The fraction of sp³-hybridized carbons (Fsp3) is 0.500. The van der Waals surface area contributed by atoms with E-state index >= 15 is 0 Å². The van der Waals surface area contributed by atoms with E-state index in [1.165, 1.54) is 11.1 Å². The summed E-state index contributed by atoms with van der Waals surface area (Å²) in [5.74, 6) is 1.27. The van der Waals surface area contributed by atoms with Crippen molar-refractivity contribution in [2.75, 3.05) is 0 Å². The van der Waals surface area contributed by atoms with Gasteiger partial charge >= 0.3 is 11.9 Å². The highest BCUT2D eigenvalue weighted by molar-refractivity contribution is 5.73. The molecule has 0 saturated heterocycles. The average Bonchev–Trinajstić information content (AvgIpc) is 2.87. The predicted octanol–water partition coefficient (Wildman–Crippen LogP) is 6.58. The number of ether oxygens (including phenoxy) is 2. The van der Waals surface area contributed by atoms with Gasteiger partial charge in [0.25, 0.3) is 0 Å². The SMILES string of the molecule is CC(C)CC(=O)Oc1ccc([C@]2(C)CC(C)(C)c3ccc(OC(=O)CC(C)C)cc32)cc1. The Labute approximate surface area is 192 Å². The maximum Gasteiger partial charge on any atom is 0.311 e. The smallest absolute Gasteiger partial charge is 0.311 e. The maximum absolute atomic E-state index is 12.2. The second-order valence-electron chi connectivity index (χ2n) is 10.8. The molecule has 0 saturated carbocycles. The fourth-order valence-electron chi connectivity index (χ4n) is 4.87. The Morgan fingerprint density at radius 2 is 1.28 bits per heavy atom. The third-order valence-electron chi connectivity index (χ3n) is 6.21. The molecule has 0 radical (unpaired) electrons. The predicted molar refractivity (Wildman–Crippen MR) is 127 cm³/mol. The van der Waals surface area contributed by atoms with Crippen molar-refractivity contribution in [1.82, 2.24) is 0 Å². The molecule has 4 nitrogen and oxygen atoms in total. The van der Waals surface area contributed by atoms with E-state index in [4.69, 9.17) is 9.47 Å². The molecule has 1 aliphatic carbocycles. The van der Waals surface area contributed by atoms with Crippen LogP contribution in [0.2, 0.25) is 0 Å². The van der Waals surface area contributed by atoms with Crippen LogP contribution < -0.4 is 9.47 Å². The number of carbonyl (C=O) groups is 2. The summed E-state index contributed by atoms with van der Waals surface area (Å²) in [5.41, 5.74) is 3.36. The van der Waals surface area contributed by atoms with Gasteiger partial charge in [0.05, 0.1) is 0 Å². The molecular formula is C28H36O4. The first-order chi connectivity index (χ1) is 14.9. The number of esters is 2. The highest BCUT2D eigenvalue weighted by atomic mass is 16.5. The van der Waals surface area contributed by atoms with E-state index in [9.17, 15) is 9.59 Å². The first kappa shape index (κ1) is 24.0. The first-order valence-corrected chi connectivity index (χ1v) is 11.6. The minimum atomic E-state index is -0.236. The Kier molecular flexibility index (Phi) is 6.83. The molecule has 0 spiro atoms. The van der Waals surface area contributed by atoms with E-state index < -0.39 is 0 Å². The van der Waals surface area contributed by atoms with Crippen LogP contribution in [-0.4, -0.2) is 11.9 Å². The van der Waals surface area contributed by atoms with Crippen molar-refractivity contribution in [3.8, 4) is 11.5 Å². The van der Waals surface area contributed by atoms with Crippen LogP contribution in [0.25, 0.3) is 0 Å². The summed E-state index contributed by atoms with van der Waals surface area (Å²) in [6, 6.07) is 13.9. The van der Waals surface area contributed by atoms with Gasteiger partial charge in [0.1, 0.15) is 11.5 Å². The summed E-state index contributed by atoms with van der Waals surface area (Å²) in [4.78, 5) is 24.2. The number of hydrogen-bond acceptors (Lipinski definition) is 4. The topological polar surface area (TPSA) is 52.6 Å². The molecule has 2 aromatic rings. The zero-order chi connectivity index (χ0) is 23.7. The van der Waals surface area contributed by atoms with Gasteiger partial charge < -0.3 is 9.47 Å². The monoisotopic (exact) mass is 436 g/mol. The Hall–Kier alpha value is -2.62. The molecule has 0 aliphatic heterocycles. The van der Waals surface area contributed by atoms with Crippen molar-refractivity contribution in [1.29, 1.82) is 0 Å². The van der Waals surface area contributed by atoms with Gasteiger partial charge in [-0.3, -0.25) is 9.59 Å².